The molecule has 0 radical (unpaired) electrons. The SMILES string of the molecule is CC(C)(C)OC(=O)[C@@H]1[C@@H]2[C@H](CN1C(=O)[C@@H](Nc1nccnc1Cl)C(C)(C)C)C2(C)C. The fraction of sp³-hybridized carbons (Fsp3) is 0.727. The number of fused-ring (bicyclic) bond motifs is 1. The van der Waals surface area contributed by atoms with E-state index in [1.54, 1.807) is 4.90 Å². The zero-order valence-electron chi connectivity index (χ0n) is 19.1. The lowest BCUT2D eigenvalue weighted by Gasteiger charge is -2.38. The Balaban J connectivity index is 1.89. The number of piperidine rings is 1. The maximum absolute atomic E-state index is 13.7. The van der Waals surface area contributed by atoms with Gasteiger partial charge in [0.25, 0.3) is 0 Å². The number of rotatable bonds is 4. The Kier molecular flexibility index (Phi) is 5.59. The summed E-state index contributed by atoms with van der Waals surface area (Å²) >= 11 is 6.17. The van der Waals surface area contributed by atoms with Gasteiger partial charge in [-0.15, -0.1) is 0 Å². The highest BCUT2D eigenvalue weighted by atomic mass is 35.5. The molecule has 1 saturated carbocycles. The molecule has 1 aromatic rings. The van der Waals surface area contributed by atoms with Gasteiger partial charge < -0.3 is 15.0 Å². The third-order valence-corrected chi connectivity index (χ3v) is 6.46. The number of nitrogens with one attached hydrogen (secondary N) is 1. The largest absolute Gasteiger partial charge is 0.458 e. The number of aromatic nitrogens is 2. The van der Waals surface area contributed by atoms with Gasteiger partial charge in [-0.1, -0.05) is 46.2 Å². The third-order valence-electron chi connectivity index (χ3n) is 6.19. The fourth-order valence-electron chi connectivity index (χ4n) is 4.51. The van der Waals surface area contributed by atoms with Crippen molar-refractivity contribution in [2.45, 2.75) is 73.1 Å². The minimum absolute atomic E-state index is 0.0250. The first-order chi connectivity index (χ1) is 13.6. The van der Waals surface area contributed by atoms with Crippen molar-refractivity contribution in [2.75, 3.05) is 11.9 Å². The predicted molar refractivity (Wildman–Crippen MR) is 116 cm³/mol. The van der Waals surface area contributed by atoms with Crippen molar-refractivity contribution in [2.24, 2.45) is 22.7 Å². The molecule has 2 heterocycles. The van der Waals surface area contributed by atoms with Gasteiger partial charge in [0, 0.05) is 24.9 Å². The molecule has 0 aromatic carbocycles. The molecule has 8 heteroatoms. The quantitative estimate of drug-likeness (QED) is 0.723. The number of likely N-dealkylation sites (tertiary alicyclic amines) is 1. The monoisotopic (exact) mass is 436 g/mol. The van der Waals surface area contributed by atoms with Crippen molar-refractivity contribution in [3.8, 4) is 0 Å². The second-order valence-electron chi connectivity index (χ2n) is 11.1. The van der Waals surface area contributed by atoms with Crippen molar-refractivity contribution < 1.29 is 14.3 Å². The normalized spacial score (nSPS) is 26.0. The number of carbonyl (C=O) groups is 2. The summed E-state index contributed by atoms with van der Waals surface area (Å²) < 4.78 is 5.70. The van der Waals surface area contributed by atoms with Gasteiger partial charge in [0.15, 0.2) is 11.0 Å². The van der Waals surface area contributed by atoms with E-state index in [1.807, 2.05) is 41.5 Å². The van der Waals surface area contributed by atoms with Crippen molar-refractivity contribution in [3.63, 3.8) is 0 Å². The van der Waals surface area contributed by atoms with E-state index < -0.39 is 23.1 Å². The van der Waals surface area contributed by atoms with E-state index >= 15 is 0 Å². The molecular formula is C22H33ClN4O3. The Morgan fingerprint density at radius 1 is 1.20 bits per heavy atom. The summed E-state index contributed by atoms with van der Waals surface area (Å²) in [7, 11) is 0. The number of nitrogens with zero attached hydrogens (tertiary/aromatic N) is 3. The van der Waals surface area contributed by atoms with Crippen LogP contribution in [0.2, 0.25) is 5.15 Å². The third kappa shape index (κ3) is 4.27. The maximum atomic E-state index is 13.7. The molecule has 1 aliphatic carbocycles. The van der Waals surface area contributed by atoms with Crippen LogP contribution in [0.1, 0.15) is 55.4 Å². The summed E-state index contributed by atoms with van der Waals surface area (Å²) in [6, 6.07) is -1.21. The van der Waals surface area contributed by atoms with Gasteiger partial charge >= 0.3 is 5.97 Å². The molecule has 1 N–H and O–H groups in total. The van der Waals surface area contributed by atoms with E-state index in [-0.39, 0.29) is 28.4 Å². The molecule has 0 spiro atoms. The van der Waals surface area contributed by atoms with Gasteiger partial charge in [-0.25, -0.2) is 14.8 Å². The molecule has 0 bridgehead atoms. The van der Waals surface area contributed by atoms with Crippen LogP contribution >= 0.6 is 11.6 Å². The summed E-state index contributed by atoms with van der Waals surface area (Å²) in [5.74, 6) is 0.268. The van der Waals surface area contributed by atoms with Crippen LogP contribution in [-0.2, 0) is 14.3 Å². The Labute approximate surface area is 183 Å². The first-order valence-corrected chi connectivity index (χ1v) is 10.8. The lowest BCUT2D eigenvalue weighted by Crippen LogP contribution is -2.55. The van der Waals surface area contributed by atoms with Crippen LogP contribution in [0, 0.1) is 22.7 Å². The number of esters is 1. The summed E-state index contributed by atoms with van der Waals surface area (Å²) in [6.07, 6.45) is 3.02. The van der Waals surface area contributed by atoms with Crippen molar-refractivity contribution in [1.29, 1.82) is 0 Å². The minimum Gasteiger partial charge on any atom is -0.458 e. The number of anilines is 1. The van der Waals surface area contributed by atoms with Crippen molar-refractivity contribution >= 4 is 29.3 Å². The number of carbonyl (C=O) groups excluding carboxylic acids is 2. The van der Waals surface area contributed by atoms with Gasteiger partial charge in [0.1, 0.15) is 17.7 Å². The Morgan fingerprint density at radius 2 is 1.80 bits per heavy atom. The van der Waals surface area contributed by atoms with E-state index in [9.17, 15) is 9.59 Å². The Morgan fingerprint density at radius 3 is 2.33 bits per heavy atom. The highest BCUT2D eigenvalue weighted by Crippen LogP contribution is 2.65. The fourth-order valence-corrected chi connectivity index (χ4v) is 4.67. The number of hydrogen-bond donors (Lipinski definition) is 1. The molecule has 2 aliphatic rings. The Hall–Kier alpha value is -1.89. The van der Waals surface area contributed by atoms with Crippen LogP contribution in [-0.4, -0.2) is 51.0 Å². The molecule has 0 unspecified atom stereocenters. The van der Waals surface area contributed by atoms with Gasteiger partial charge in [0.2, 0.25) is 5.91 Å². The van der Waals surface area contributed by atoms with Crippen LogP contribution < -0.4 is 5.32 Å². The number of halogens is 1. The van der Waals surface area contributed by atoms with Crippen LogP contribution in [0.15, 0.2) is 12.4 Å². The number of amides is 1. The molecule has 4 atom stereocenters. The molecule has 1 amide bonds. The summed E-state index contributed by atoms with van der Waals surface area (Å²) in [5, 5.41) is 3.38. The van der Waals surface area contributed by atoms with E-state index in [0.717, 1.165) is 0 Å². The Bertz CT molecular complexity index is 844. The van der Waals surface area contributed by atoms with Crippen molar-refractivity contribution in [3.05, 3.63) is 17.5 Å². The van der Waals surface area contributed by atoms with Crippen molar-refractivity contribution in [1.82, 2.24) is 14.9 Å². The zero-order valence-corrected chi connectivity index (χ0v) is 19.9. The molecule has 1 aromatic heterocycles. The average molecular weight is 437 g/mol. The van der Waals surface area contributed by atoms with E-state index in [2.05, 4.69) is 29.1 Å². The average Bonchev–Trinajstić information content (AvgIpc) is 2.94. The van der Waals surface area contributed by atoms with Gasteiger partial charge in [-0.05, 0) is 37.5 Å². The number of ether oxygens (including phenoxy) is 1. The summed E-state index contributed by atoms with van der Waals surface area (Å²) in [6.45, 7) is 16.3. The maximum Gasteiger partial charge on any atom is 0.329 e. The molecule has 2 fully saturated rings. The number of hydrogen-bond acceptors (Lipinski definition) is 6. The standard InChI is InChI=1S/C22H33ClN4O3/c1-20(2,3)15(26-17-16(23)24-9-10-25-17)18(28)27-11-12-13(22(12,7)8)14(27)19(29)30-21(4,5)6/h9-10,12-15H,11H2,1-8H3,(H,25,26)/t12-,13-,14-,15+/m0/s1. The first-order valence-electron chi connectivity index (χ1n) is 10.4. The smallest absolute Gasteiger partial charge is 0.329 e. The second kappa shape index (κ2) is 7.36. The highest BCUT2D eigenvalue weighted by molar-refractivity contribution is 6.31. The van der Waals surface area contributed by atoms with E-state index in [4.69, 9.17) is 16.3 Å². The summed E-state index contributed by atoms with van der Waals surface area (Å²) in [5.41, 5.74) is -1.03. The van der Waals surface area contributed by atoms with Crippen LogP contribution in [0.5, 0.6) is 0 Å². The molecule has 1 saturated heterocycles. The van der Waals surface area contributed by atoms with E-state index in [1.165, 1.54) is 12.4 Å². The lowest BCUT2D eigenvalue weighted by molar-refractivity contribution is -0.165. The van der Waals surface area contributed by atoms with Crippen LogP contribution in [0.25, 0.3) is 0 Å². The first kappa shape index (κ1) is 22.8. The second-order valence-corrected chi connectivity index (χ2v) is 11.4. The zero-order chi connectivity index (χ0) is 22.6. The topological polar surface area (TPSA) is 84.4 Å². The summed E-state index contributed by atoms with van der Waals surface area (Å²) in [4.78, 5) is 36.8. The van der Waals surface area contributed by atoms with Crippen LogP contribution in [0.4, 0.5) is 5.82 Å². The van der Waals surface area contributed by atoms with Gasteiger partial charge in [-0.2, -0.15) is 0 Å². The van der Waals surface area contributed by atoms with Gasteiger partial charge in [-0.3, -0.25) is 4.79 Å². The molecule has 166 valence electrons. The molecule has 1 aliphatic heterocycles. The van der Waals surface area contributed by atoms with Gasteiger partial charge in [0.05, 0.1) is 0 Å². The van der Waals surface area contributed by atoms with E-state index in [0.29, 0.717) is 18.3 Å². The lowest BCUT2D eigenvalue weighted by atomic mass is 9.85. The highest BCUT2D eigenvalue weighted by Gasteiger charge is 2.70. The molecule has 7 nitrogen and oxygen atoms in total. The van der Waals surface area contributed by atoms with Crippen LogP contribution in [0.3, 0.4) is 0 Å². The predicted octanol–water partition coefficient (Wildman–Crippen LogP) is 3.78. The molecule has 3 rings (SSSR count). The molecule has 30 heavy (non-hydrogen) atoms. The molecular weight excluding hydrogens is 404 g/mol. The minimum atomic E-state index is -0.628.